The molecular formula is C42H62N2O16. The Kier molecular flexibility index (Phi) is 22.7. The van der Waals surface area contributed by atoms with Gasteiger partial charge in [0.25, 0.3) is 0 Å². The molecule has 2 amide bonds. The molecule has 0 aromatic heterocycles. The van der Waals surface area contributed by atoms with E-state index in [1.165, 1.54) is 0 Å². The lowest BCUT2D eigenvalue weighted by atomic mass is 9.67. The second-order valence-electron chi connectivity index (χ2n) is 15.8. The maximum absolute atomic E-state index is 13.5. The molecule has 0 saturated heterocycles. The lowest BCUT2D eigenvalue weighted by Gasteiger charge is -2.46. The molecular weight excluding hydrogens is 788 g/mol. The van der Waals surface area contributed by atoms with Gasteiger partial charge in [0.15, 0.2) is 0 Å². The van der Waals surface area contributed by atoms with Crippen molar-refractivity contribution in [1.29, 1.82) is 0 Å². The highest BCUT2D eigenvalue weighted by Crippen LogP contribution is 2.41. The molecule has 0 aliphatic heterocycles. The molecule has 0 heterocycles. The van der Waals surface area contributed by atoms with Gasteiger partial charge in [-0.25, -0.2) is 33.6 Å². The average molecular weight is 851 g/mol. The van der Waals surface area contributed by atoms with Crippen molar-refractivity contribution < 1.29 is 76.2 Å². The summed E-state index contributed by atoms with van der Waals surface area (Å²) < 4.78 is 49.0. The monoisotopic (exact) mass is 850 g/mol. The number of hydrogen-bond acceptors (Lipinski definition) is 16. The average Bonchev–Trinajstić information content (AvgIpc) is 3.20. The first-order valence-electron chi connectivity index (χ1n) is 19.2. The number of esters is 5. The number of amides is 2. The van der Waals surface area contributed by atoms with Gasteiger partial charge in [-0.3, -0.25) is 0 Å². The molecule has 0 spiro atoms. The van der Waals surface area contributed by atoms with Crippen molar-refractivity contribution in [3.05, 3.63) is 63.3 Å². The zero-order valence-electron chi connectivity index (χ0n) is 35.5. The van der Waals surface area contributed by atoms with Gasteiger partial charge in [-0.05, 0) is 38.5 Å². The van der Waals surface area contributed by atoms with E-state index in [2.05, 4.69) is 43.5 Å². The third kappa shape index (κ3) is 20.5. The number of carbonyl (C=O) groups excluding carboxylic acids is 7. The van der Waals surface area contributed by atoms with Gasteiger partial charge >= 0.3 is 42.0 Å². The fourth-order valence-electron chi connectivity index (χ4n) is 6.38. The van der Waals surface area contributed by atoms with Crippen LogP contribution in [0.3, 0.4) is 0 Å². The number of rotatable bonds is 28. The summed E-state index contributed by atoms with van der Waals surface area (Å²) in [4.78, 5) is 87.2. The molecule has 0 radical (unpaired) electrons. The third-order valence-electron chi connectivity index (χ3n) is 8.96. The molecule has 1 aliphatic carbocycles. The van der Waals surface area contributed by atoms with Crippen LogP contribution in [0, 0.1) is 22.2 Å². The quantitative estimate of drug-likeness (QED) is 0.0642. The van der Waals surface area contributed by atoms with Crippen LogP contribution in [0.2, 0.25) is 0 Å². The predicted molar refractivity (Wildman–Crippen MR) is 216 cm³/mol. The number of ether oxygens (including phenoxy) is 9. The largest absolute Gasteiger partial charge is 0.462 e. The van der Waals surface area contributed by atoms with Crippen LogP contribution in [-0.2, 0) is 66.6 Å². The predicted octanol–water partition coefficient (Wildman–Crippen LogP) is 4.08. The van der Waals surface area contributed by atoms with Crippen molar-refractivity contribution in [2.45, 2.75) is 65.5 Å². The maximum Gasteiger partial charge on any atom is 0.407 e. The Hall–Kier alpha value is -5.49. The summed E-state index contributed by atoms with van der Waals surface area (Å²) in [6, 6.07) is -0.485. The lowest BCUT2D eigenvalue weighted by Crippen LogP contribution is -2.57. The zero-order chi connectivity index (χ0) is 45.4. The van der Waals surface area contributed by atoms with Gasteiger partial charge in [-0.15, -0.1) is 0 Å². The van der Waals surface area contributed by atoms with Crippen LogP contribution in [0.25, 0.3) is 0 Å². The standard InChI is InChI=1S/C42H62N2O16/c1-11-32(45)55-24-41(25-56-33(46)12-2,26-57-34(47)13-3)22-53-23-42(27-58-35(48)14-4,28-59-36(49)15-5)29-60-37(50)43-31-17-39(8,9)21-40(10,18-31)44-38(51)54-20-30(7)19-52-16-6/h11-15,30-31H,1-5,16-29H2,6-10H3,(H,43,50)(H,44,51). The van der Waals surface area contributed by atoms with Crippen LogP contribution in [0.5, 0.6) is 0 Å². The zero-order valence-corrected chi connectivity index (χ0v) is 35.5. The van der Waals surface area contributed by atoms with E-state index in [4.69, 9.17) is 42.6 Å². The van der Waals surface area contributed by atoms with E-state index >= 15 is 0 Å². The number of hydrogen-bond donors (Lipinski definition) is 2. The highest BCUT2D eigenvalue weighted by Gasteiger charge is 2.44. The van der Waals surface area contributed by atoms with E-state index in [1.807, 2.05) is 34.6 Å². The van der Waals surface area contributed by atoms with E-state index in [0.717, 1.165) is 30.4 Å². The molecule has 1 rings (SSSR count). The van der Waals surface area contributed by atoms with Crippen molar-refractivity contribution in [2.75, 3.05) is 72.7 Å². The fraction of sp³-hybridized carbons (Fsp3) is 0.595. The van der Waals surface area contributed by atoms with Crippen LogP contribution >= 0.6 is 0 Å². The maximum atomic E-state index is 13.5. The minimum atomic E-state index is -1.61. The van der Waals surface area contributed by atoms with Crippen molar-refractivity contribution >= 4 is 42.0 Å². The van der Waals surface area contributed by atoms with Crippen LogP contribution in [0.15, 0.2) is 63.3 Å². The summed E-state index contributed by atoms with van der Waals surface area (Å²) in [5, 5.41) is 5.81. The fourth-order valence-corrected chi connectivity index (χ4v) is 6.38. The summed E-state index contributed by atoms with van der Waals surface area (Å²) in [5.74, 6) is -4.31. The Morgan fingerprint density at radius 3 is 1.37 bits per heavy atom. The highest BCUT2D eigenvalue weighted by molar-refractivity contribution is 5.83. The van der Waals surface area contributed by atoms with Crippen molar-refractivity contribution in [2.24, 2.45) is 22.2 Å². The topological polar surface area (TPSA) is 227 Å². The van der Waals surface area contributed by atoms with E-state index in [0.29, 0.717) is 32.5 Å². The smallest absolute Gasteiger partial charge is 0.407 e. The molecule has 2 N–H and O–H groups in total. The van der Waals surface area contributed by atoms with E-state index in [-0.39, 0.29) is 17.9 Å². The first-order chi connectivity index (χ1) is 28.2. The summed E-state index contributed by atoms with van der Waals surface area (Å²) in [5.41, 5.74) is -4.29. The molecule has 336 valence electrons. The van der Waals surface area contributed by atoms with Gasteiger partial charge in [0.1, 0.15) is 39.6 Å². The summed E-state index contributed by atoms with van der Waals surface area (Å²) in [6.07, 6.45) is 4.38. The van der Waals surface area contributed by atoms with Crippen LogP contribution in [0.1, 0.15) is 53.9 Å². The number of alkyl carbamates (subject to hydrolysis) is 2. The SMILES string of the molecule is C=CC(=O)OCC(COCC(COC(=O)C=C)(COC(=O)C=C)COC(=O)NC1CC(C)(C)CC(C)(NC(=O)OCC(C)COCC)C1)(COC(=O)C=C)COC(=O)C=C. The van der Waals surface area contributed by atoms with Crippen LogP contribution < -0.4 is 10.6 Å². The molecule has 18 heteroatoms. The molecule has 0 bridgehead atoms. The van der Waals surface area contributed by atoms with Crippen molar-refractivity contribution in [3.63, 3.8) is 0 Å². The Morgan fingerprint density at radius 2 is 0.983 bits per heavy atom. The molecule has 0 aromatic carbocycles. The van der Waals surface area contributed by atoms with Gasteiger partial charge in [-0.2, -0.15) is 0 Å². The van der Waals surface area contributed by atoms with E-state index in [9.17, 15) is 33.6 Å². The molecule has 1 aliphatic rings. The summed E-state index contributed by atoms with van der Waals surface area (Å²) in [6.45, 7) is 23.5. The Balaban J connectivity index is 3.38. The van der Waals surface area contributed by atoms with Crippen LogP contribution in [0.4, 0.5) is 9.59 Å². The highest BCUT2D eigenvalue weighted by atomic mass is 16.6. The lowest BCUT2D eigenvalue weighted by molar-refractivity contribution is -0.166. The van der Waals surface area contributed by atoms with Gasteiger partial charge < -0.3 is 53.3 Å². The molecule has 3 atom stereocenters. The molecule has 60 heavy (non-hydrogen) atoms. The van der Waals surface area contributed by atoms with E-state index < -0.39 is 117 Å². The molecule has 0 aromatic rings. The summed E-state index contributed by atoms with van der Waals surface area (Å²) >= 11 is 0. The Morgan fingerprint density at radius 1 is 0.583 bits per heavy atom. The Bertz CT molecular complexity index is 1460. The van der Waals surface area contributed by atoms with Gasteiger partial charge in [0.2, 0.25) is 0 Å². The second kappa shape index (κ2) is 25.9. The Labute approximate surface area is 352 Å². The van der Waals surface area contributed by atoms with Gasteiger partial charge in [0, 0.05) is 54.5 Å². The second-order valence-corrected chi connectivity index (χ2v) is 15.8. The normalized spacial score (nSPS) is 17.5. The van der Waals surface area contributed by atoms with E-state index in [1.54, 1.807) is 0 Å². The first-order valence-corrected chi connectivity index (χ1v) is 19.2. The van der Waals surface area contributed by atoms with Crippen molar-refractivity contribution in [1.82, 2.24) is 10.6 Å². The molecule has 1 fully saturated rings. The third-order valence-corrected chi connectivity index (χ3v) is 8.96. The first kappa shape index (κ1) is 52.5. The van der Waals surface area contributed by atoms with Gasteiger partial charge in [-0.1, -0.05) is 53.7 Å². The minimum absolute atomic E-state index is 0.0118. The minimum Gasteiger partial charge on any atom is -0.462 e. The van der Waals surface area contributed by atoms with Gasteiger partial charge in [0.05, 0.1) is 37.3 Å². The number of carbonyl (C=O) groups is 7. The van der Waals surface area contributed by atoms with Crippen LogP contribution in [-0.4, -0.2) is 126 Å². The number of nitrogens with one attached hydrogen (secondary N) is 2. The summed E-state index contributed by atoms with van der Waals surface area (Å²) in [7, 11) is 0. The molecule has 18 nitrogen and oxygen atoms in total. The molecule has 1 saturated carbocycles. The molecule has 3 unspecified atom stereocenters. The van der Waals surface area contributed by atoms with Crippen molar-refractivity contribution in [3.8, 4) is 0 Å².